The first-order valence-corrected chi connectivity index (χ1v) is 15.8. The lowest BCUT2D eigenvalue weighted by atomic mass is 9.72. The number of halogens is 1. The standard InChI is InChI=1S/C35H33ClN4O3S/c1-35(2,3)24-10-17-29-31(18-24)44-34(32(29)33(41)38-26-13-11-25(36)12-14-26)37-19-23-21-39(30-7-5-4-6-28(23)30)20-22-8-15-27(16-9-22)40(42)43/h4-9,11-16,19,21,24H,10,17-18,20H2,1-3H3,(H,38,41)/t24-/m1/s1. The lowest BCUT2D eigenvalue weighted by molar-refractivity contribution is -0.384. The van der Waals surface area contributed by atoms with Crippen molar-refractivity contribution >= 4 is 62.3 Å². The first kappa shape index (κ1) is 29.8. The number of nitro groups is 1. The Kier molecular flexibility index (Phi) is 8.14. The summed E-state index contributed by atoms with van der Waals surface area (Å²) in [6.45, 7) is 7.42. The van der Waals surface area contributed by atoms with E-state index >= 15 is 0 Å². The third-order valence-corrected chi connectivity index (χ3v) is 9.86. The van der Waals surface area contributed by atoms with E-state index in [0.29, 0.717) is 33.7 Å². The molecule has 0 fully saturated rings. The number of carbonyl (C=O) groups excluding carboxylic acids is 1. The highest BCUT2D eigenvalue weighted by Gasteiger charge is 2.33. The average molecular weight is 625 g/mol. The molecule has 224 valence electrons. The van der Waals surface area contributed by atoms with E-state index in [9.17, 15) is 14.9 Å². The van der Waals surface area contributed by atoms with Crippen LogP contribution in [0.4, 0.5) is 16.4 Å². The van der Waals surface area contributed by atoms with Crippen molar-refractivity contribution in [2.24, 2.45) is 16.3 Å². The van der Waals surface area contributed by atoms with Crippen LogP contribution < -0.4 is 5.32 Å². The molecule has 6 rings (SSSR count). The van der Waals surface area contributed by atoms with E-state index in [1.807, 2.05) is 24.5 Å². The minimum atomic E-state index is -0.390. The molecule has 2 aromatic heterocycles. The van der Waals surface area contributed by atoms with Gasteiger partial charge in [-0.15, -0.1) is 11.3 Å². The molecule has 0 saturated heterocycles. The highest BCUT2D eigenvalue weighted by atomic mass is 35.5. The molecule has 0 unspecified atom stereocenters. The Bertz CT molecular complexity index is 1880. The first-order valence-electron chi connectivity index (χ1n) is 14.6. The number of thiophene rings is 1. The number of para-hydroxylation sites is 1. The number of nitrogens with zero attached hydrogens (tertiary/aromatic N) is 3. The molecule has 1 N–H and O–H groups in total. The van der Waals surface area contributed by atoms with E-state index in [-0.39, 0.29) is 21.9 Å². The Labute approximate surface area is 265 Å². The fraction of sp³-hybridized carbons (Fsp3) is 0.257. The van der Waals surface area contributed by atoms with Crippen molar-refractivity contribution in [1.29, 1.82) is 0 Å². The molecule has 3 aromatic carbocycles. The molecule has 0 radical (unpaired) electrons. The van der Waals surface area contributed by atoms with Gasteiger partial charge in [0, 0.05) is 63.1 Å². The van der Waals surface area contributed by atoms with Crippen molar-refractivity contribution in [3.05, 3.63) is 121 Å². The van der Waals surface area contributed by atoms with Crippen molar-refractivity contribution in [3.63, 3.8) is 0 Å². The summed E-state index contributed by atoms with van der Waals surface area (Å²) >= 11 is 7.69. The number of amides is 1. The van der Waals surface area contributed by atoms with E-state index in [0.717, 1.165) is 46.9 Å². The Morgan fingerprint density at radius 2 is 1.84 bits per heavy atom. The maximum atomic E-state index is 13.8. The maximum Gasteiger partial charge on any atom is 0.269 e. The van der Waals surface area contributed by atoms with Crippen LogP contribution in [-0.4, -0.2) is 21.6 Å². The van der Waals surface area contributed by atoms with Crippen molar-refractivity contribution in [3.8, 4) is 0 Å². The second kappa shape index (κ2) is 12.0. The Morgan fingerprint density at radius 3 is 2.55 bits per heavy atom. The lowest BCUT2D eigenvalue weighted by Gasteiger charge is -2.33. The molecule has 2 heterocycles. The quantitative estimate of drug-likeness (QED) is 0.111. The van der Waals surface area contributed by atoms with Gasteiger partial charge in [0.05, 0.1) is 10.5 Å². The number of fused-ring (bicyclic) bond motifs is 2. The number of carbonyl (C=O) groups is 1. The highest BCUT2D eigenvalue weighted by Crippen LogP contribution is 2.45. The molecule has 1 aliphatic rings. The second-order valence-electron chi connectivity index (χ2n) is 12.4. The number of rotatable bonds is 7. The predicted octanol–water partition coefficient (Wildman–Crippen LogP) is 9.47. The van der Waals surface area contributed by atoms with Crippen molar-refractivity contribution in [2.45, 2.75) is 46.6 Å². The summed E-state index contributed by atoms with van der Waals surface area (Å²) in [5, 5.41) is 16.5. The molecule has 0 spiro atoms. The number of benzene rings is 3. The van der Waals surface area contributed by atoms with Crippen LogP contribution in [0.2, 0.25) is 5.02 Å². The average Bonchev–Trinajstić information content (AvgIpc) is 3.54. The minimum Gasteiger partial charge on any atom is -0.342 e. The molecule has 5 aromatic rings. The van der Waals surface area contributed by atoms with E-state index in [1.165, 1.54) is 17.0 Å². The van der Waals surface area contributed by atoms with Crippen LogP contribution >= 0.6 is 22.9 Å². The van der Waals surface area contributed by atoms with Gasteiger partial charge in [0.1, 0.15) is 5.00 Å². The minimum absolute atomic E-state index is 0.0716. The van der Waals surface area contributed by atoms with E-state index in [4.69, 9.17) is 16.6 Å². The van der Waals surface area contributed by atoms with Gasteiger partial charge in [0.25, 0.3) is 11.6 Å². The van der Waals surface area contributed by atoms with Gasteiger partial charge in [-0.3, -0.25) is 14.9 Å². The van der Waals surface area contributed by atoms with E-state index in [1.54, 1.807) is 47.7 Å². The molecule has 0 bridgehead atoms. The smallest absolute Gasteiger partial charge is 0.269 e. The van der Waals surface area contributed by atoms with Crippen molar-refractivity contribution in [2.75, 3.05) is 5.32 Å². The number of aliphatic imine (C=N–C) groups is 1. The van der Waals surface area contributed by atoms with Gasteiger partial charge in [-0.2, -0.15) is 0 Å². The zero-order valence-corrected chi connectivity index (χ0v) is 26.4. The number of hydrogen-bond donors (Lipinski definition) is 1. The van der Waals surface area contributed by atoms with Crippen LogP contribution in [0.15, 0.2) is 84.0 Å². The van der Waals surface area contributed by atoms with Gasteiger partial charge in [-0.1, -0.05) is 62.7 Å². The highest BCUT2D eigenvalue weighted by molar-refractivity contribution is 7.16. The van der Waals surface area contributed by atoms with Crippen LogP contribution in [0.3, 0.4) is 0 Å². The van der Waals surface area contributed by atoms with Crippen LogP contribution in [0.5, 0.6) is 0 Å². The summed E-state index contributed by atoms with van der Waals surface area (Å²) in [6, 6.07) is 21.9. The Morgan fingerprint density at radius 1 is 1.11 bits per heavy atom. The summed E-state index contributed by atoms with van der Waals surface area (Å²) in [7, 11) is 0. The second-order valence-corrected chi connectivity index (χ2v) is 13.9. The summed E-state index contributed by atoms with van der Waals surface area (Å²) in [4.78, 5) is 30.7. The number of nitrogens with one attached hydrogen (secondary N) is 1. The number of non-ortho nitro benzene ring substituents is 1. The normalized spacial score (nSPS) is 15.0. The molecule has 9 heteroatoms. The molecule has 44 heavy (non-hydrogen) atoms. The van der Waals surface area contributed by atoms with Crippen LogP contribution in [0, 0.1) is 21.4 Å². The predicted molar refractivity (Wildman–Crippen MR) is 180 cm³/mol. The molecule has 1 amide bonds. The SMILES string of the molecule is CC(C)(C)[C@@H]1CCc2c(sc(N=Cc3cn(Cc4ccc([N+](=O)[O-])cc4)c4ccccc34)c2C(=O)Nc2ccc(Cl)cc2)C1. The summed E-state index contributed by atoms with van der Waals surface area (Å²) in [6.07, 6.45) is 6.72. The fourth-order valence-corrected chi connectivity index (χ4v) is 7.31. The molecule has 1 atom stereocenters. The Balaban J connectivity index is 1.35. The third-order valence-electron chi connectivity index (χ3n) is 8.44. The number of anilines is 1. The van der Waals surface area contributed by atoms with Gasteiger partial charge in [-0.25, -0.2) is 4.99 Å². The maximum absolute atomic E-state index is 13.8. The van der Waals surface area contributed by atoms with Crippen molar-refractivity contribution < 1.29 is 9.72 Å². The molecule has 7 nitrogen and oxygen atoms in total. The van der Waals surface area contributed by atoms with Crippen LogP contribution in [-0.2, 0) is 19.4 Å². The summed E-state index contributed by atoms with van der Waals surface area (Å²) < 4.78 is 2.12. The Hall–Kier alpha value is -4.27. The molecular weight excluding hydrogens is 592 g/mol. The number of nitro benzene ring substituents is 1. The zero-order valence-electron chi connectivity index (χ0n) is 24.8. The van der Waals surface area contributed by atoms with Gasteiger partial charge in [-0.05, 0) is 72.1 Å². The molecule has 0 aliphatic heterocycles. The number of hydrogen-bond acceptors (Lipinski definition) is 5. The first-order chi connectivity index (χ1) is 21.1. The summed E-state index contributed by atoms with van der Waals surface area (Å²) in [5.41, 5.74) is 5.63. The van der Waals surface area contributed by atoms with E-state index < -0.39 is 0 Å². The third kappa shape index (κ3) is 6.18. The molecule has 1 aliphatic carbocycles. The summed E-state index contributed by atoms with van der Waals surface area (Å²) in [5.74, 6) is 0.377. The van der Waals surface area contributed by atoms with Gasteiger partial charge >= 0.3 is 0 Å². The monoisotopic (exact) mass is 624 g/mol. The fourth-order valence-electron chi connectivity index (χ4n) is 5.92. The van der Waals surface area contributed by atoms with Gasteiger partial charge in [0.2, 0.25) is 0 Å². The molecular formula is C35H33ClN4O3S. The van der Waals surface area contributed by atoms with Crippen LogP contribution in [0.1, 0.15) is 59.1 Å². The van der Waals surface area contributed by atoms with Gasteiger partial charge < -0.3 is 9.88 Å². The largest absolute Gasteiger partial charge is 0.342 e. The lowest BCUT2D eigenvalue weighted by Crippen LogP contribution is -2.27. The topological polar surface area (TPSA) is 89.5 Å². The molecule has 0 saturated carbocycles. The van der Waals surface area contributed by atoms with Crippen molar-refractivity contribution in [1.82, 2.24) is 4.57 Å². The number of aromatic nitrogens is 1. The zero-order chi connectivity index (χ0) is 31.0. The van der Waals surface area contributed by atoms with Gasteiger partial charge in [0.15, 0.2) is 0 Å². The van der Waals surface area contributed by atoms with Crippen LogP contribution in [0.25, 0.3) is 10.9 Å². The van der Waals surface area contributed by atoms with E-state index in [2.05, 4.69) is 42.8 Å².